The molecule has 1 aliphatic rings. The Morgan fingerprint density at radius 1 is 1.13 bits per heavy atom. The largest absolute Gasteiger partial charge is 0.494 e. The maximum absolute atomic E-state index is 12.5. The van der Waals surface area contributed by atoms with E-state index < -0.39 is 6.03 Å². The van der Waals surface area contributed by atoms with Gasteiger partial charge in [0.25, 0.3) is 0 Å². The molecule has 3 rings (SSSR count). The summed E-state index contributed by atoms with van der Waals surface area (Å²) < 4.78 is 5.37. The molecule has 0 aliphatic heterocycles. The fourth-order valence-corrected chi connectivity index (χ4v) is 3.58. The molecular weight excluding hydrogens is 396 g/mol. The molecule has 0 radical (unpaired) electrons. The van der Waals surface area contributed by atoms with Gasteiger partial charge in [0.15, 0.2) is 5.82 Å². The van der Waals surface area contributed by atoms with Crippen LogP contribution >= 0.6 is 0 Å². The first-order valence-electron chi connectivity index (χ1n) is 10.6. The number of benzene rings is 1. The second kappa shape index (κ2) is 11.3. The van der Waals surface area contributed by atoms with Crippen LogP contribution in [0, 0.1) is 5.92 Å². The van der Waals surface area contributed by atoms with E-state index in [2.05, 4.69) is 31.2 Å². The Morgan fingerprint density at radius 3 is 2.65 bits per heavy atom. The first-order chi connectivity index (χ1) is 15.0. The molecule has 31 heavy (non-hydrogen) atoms. The van der Waals surface area contributed by atoms with Crippen LogP contribution in [0.15, 0.2) is 36.8 Å². The van der Waals surface area contributed by atoms with Crippen LogP contribution in [0.2, 0.25) is 0 Å². The molecule has 1 aromatic heterocycles. The zero-order valence-electron chi connectivity index (χ0n) is 18.0. The summed E-state index contributed by atoms with van der Waals surface area (Å²) in [5.74, 6) is 1.30. The maximum atomic E-state index is 12.5. The molecule has 9 heteroatoms. The predicted molar refractivity (Wildman–Crippen MR) is 120 cm³/mol. The van der Waals surface area contributed by atoms with E-state index in [0.717, 1.165) is 6.54 Å². The quantitative estimate of drug-likeness (QED) is 0.512. The Morgan fingerprint density at radius 2 is 1.94 bits per heavy atom. The van der Waals surface area contributed by atoms with Crippen molar-refractivity contribution in [2.75, 3.05) is 29.6 Å². The maximum Gasteiger partial charge on any atom is 0.324 e. The first-order valence-corrected chi connectivity index (χ1v) is 10.6. The number of urea groups is 1. The molecule has 1 fully saturated rings. The number of nitrogens with one attached hydrogen (secondary N) is 4. The number of carbonyl (C=O) groups excluding carboxylic acids is 2. The third-order valence-electron chi connectivity index (χ3n) is 5.35. The molecule has 3 amide bonds. The fourth-order valence-electron chi connectivity index (χ4n) is 3.58. The van der Waals surface area contributed by atoms with Gasteiger partial charge in [-0.2, -0.15) is 0 Å². The molecule has 1 unspecified atom stereocenters. The van der Waals surface area contributed by atoms with Crippen molar-refractivity contribution < 1.29 is 14.3 Å². The first kappa shape index (κ1) is 22.5. The normalized spacial score (nSPS) is 15.0. The smallest absolute Gasteiger partial charge is 0.324 e. The number of hydrogen-bond acceptors (Lipinski definition) is 6. The minimum absolute atomic E-state index is 0.112. The summed E-state index contributed by atoms with van der Waals surface area (Å²) in [5.41, 5.74) is 1.05. The highest BCUT2D eigenvalue weighted by molar-refractivity contribution is 6.00. The van der Waals surface area contributed by atoms with Crippen LogP contribution in [0.4, 0.5) is 22.0 Å². The molecule has 0 saturated heterocycles. The minimum atomic E-state index is -0.476. The van der Waals surface area contributed by atoms with Gasteiger partial charge in [0.2, 0.25) is 5.91 Å². The van der Waals surface area contributed by atoms with Crippen LogP contribution in [0.1, 0.15) is 39.0 Å². The molecule has 1 heterocycles. The number of methoxy groups -OCH3 is 1. The number of anilines is 3. The Hall–Kier alpha value is -3.20. The van der Waals surface area contributed by atoms with Gasteiger partial charge in [-0.15, -0.1) is 0 Å². The van der Waals surface area contributed by atoms with E-state index >= 15 is 0 Å². The Labute approximate surface area is 182 Å². The van der Waals surface area contributed by atoms with Crippen LogP contribution < -0.4 is 26.0 Å². The average Bonchev–Trinajstić information content (AvgIpc) is 2.79. The Balaban J connectivity index is 1.53. The van der Waals surface area contributed by atoms with Crippen molar-refractivity contribution in [2.45, 2.75) is 45.1 Å². The lowest BCUT2D eigenvalue weighted by Gasteiger charge is -2.23. The summed E-state index contributed by atoms with van der Waals surface area (Å²) >= 11 is 0. The van der Waals surface area contributed by atoms with E-state index in [4.69, 9.17) is 4.74 Å². The Kier molecular flexibility index (Phi) is 8.17. The minimum Gasteiger partial charge on any atom is -0.494 e. The predicted octanol–water partition coefficient (Wildman–Crippen LogP) is 3.63. The molecule has 0 spiro atoms. The standard InChI is InChI=1S/C22H30N6O3/c1-15(25-13-16-6-4-3-5-7-16)21(29)26-17-8-9-18(19(12-17)31-2)27-22(30)28-20-14-23-10-11-24-20/h8-12,14-16,25H,3-7,13H2,1-2H3,(H,26,29)(H2,24,27,28,30). The topological polar surface area (TPSA) is 117 Å². The number of nitrogens with zero attached hydrogens (tertiary/aromatic N) is 2. The lowest BCUT2D eigenvalue weighted by molar-refractivity contribution is -0.117. The molecule has 1 aromatic carbocycles. The third-order valence-corrected chi connectivity index (χ3v) is 5.35. The van der Waals surface area contributed by atoms with Crippen LogP contribution in [0.3, 0.4) is 0 Å². The highest BCUT2D eigenvalue weighted by Crippen LogP contribution is 2.28. The van der Waals surface area contributed by atoms with Crippen LogP contribution in [0.25, 0.3) is 0 Å². The summed E-state index contributed by atoms with van der Waals surface area (Å²) in [6.07, 6.45) is 10.8. The van der Waals surface area contributed by atoms with Crippen LogP contribution in [-0.4, -0.2) is 41.6 Å². The number of ether oxygens (including phenoxy) is 1. The number of rotatable bonds is 8. The molecule has 1 saturated carbocycles. The van der Waals surface area contributed by atoms with Crippen molar-refractivity contribution in [1.82, 2.24) is 15.3 Å². The van der Waals surface area contributed by atoms with E-state index in [1.165, 1.54) is 57.8 Å². The van der Waals surface area contributed by atoms with E-state index in [1.54, 1.807) is 18.2 Å². The zero-order valence-corrected chi connectivity index (χ0v) is 18.0. The molecule has 4 N–H and O–H groups in total. The monoisotopic (exact) mass is 426 g/mol. The van der Waals surface area contributed by atoms with Crippen molar-refractivity contribution in [3.8, 4) is 5.75 Å². The van der Waals surface area contributed by atoms with Gasteiger partial charge < -0.3 is 20.7 Å². The van der Waals surface area contributed by atoms with Crippen LogP contribution in [0.5, 0.6) is 5.75 Å². The van der Waals surface area contributed by atoms with Crippen molar-refractivity contribution in [1.29, 1.82) is 0 Å². The molecule has 2 aromatic rings. The summed E-state index contributed by atoms with van der Waals surface area (Å²) in [6.45, 7) is 2.73. The SMILES string of the molecule is COc1cc(NC(=O)C(C)NCC2CCCCC2)ccc1NC(=O)Nc1cnccn1. The van der Waals surface area contributed by atoms with Crippen molar-refractivity contribution in [3.05, 3.63) is 36.8 Å². The van der Waals surface area contributed by atoms with Gasteiger partial charge in [0.1, 0.15) is 5.75 Å². The molecule has 1 atom stereocenters. The van der Waals surface area contributed by atoms with Crippen molar-refractivity contribution in [2.24, 2.45) is 5.92 Å². The average molecular weight is 427 g/mol. The number of hydrogen-bond donors (Lipinski definition) is 4. The molecule has 166 valence electrons. The number of amides is 3. The van der Waals surface area contributed by atoms with Gasteiger partial charge in [-0.05, 0) is 44.4 Å². The van der Waals surface area contributed by atoms with Gasteiger partial charge in [0, 0.05) is 24.1 Å². The lowest BCUT2D eigenvalue weighted by Crippen LogP contribution is -2.40. The summed E-state index contributed by atoms with van der Waals surface area (Å²) in [7, 11) is 1.50. The van der Waals surface area contributed by atoms with Gasteiger partial charge in [-0.25, -0.2) is 9.78 Å². The van der Waals surface area contributed by atoms with Crippen LogP contribution in [-0.2, 0) is 4.79 Å². The lowest BCUT2D eigenvalue weighted by atomic mass is 9.89. The Bertz CT molecular complexity index is 871. The van der Waals surface area contributed by atoms with Gasteiger partial charge in [-0.3, -0.25) is 15.1 Å². The third kappa shape index (κ3) is 6.92. The fraction of sp³-hybridized carbons (Fsp3) is 0.455. The summed E-state index contributed by atoms with van der Waals surface area (Å²) in [4.78, 5) is 32.6. The van der Waals surface area contributed by atoms with E-state index in [0.29, 0.717) is 28.9 Å². The molecule has 1 aliphatic carbocycles. The van der Waals surface area contributed by atoms with Gasteiger partial charge in [0.05, 0.1) is 25.0 Å². The van der Waals surface area contributed by atoms with Gasteiger partial charge in [-0.1, -0.05) is 19.3 Å². The molecule has 0 bridgehead atoms. The van der Waals surface area contributed by atoms with E-state index in [1.807, 2.05) is 6.92 Å². The highest BCUT2D eigenvalue weighted by Gasteiger charge is 2.18. The summed E-state index contributed by atoms with van der Waals surface area (Å²) in [6, 6.07) is 4.28. The molecular formula is C22H30N6O3. The van der Waals surface area contributed by atoms with Crippen molar-refractivity contribution >= 4 is 29.1 Å². The summed E-state index contributed by atoms with van der Waals surface area (Å²) in [5, 5.41) is 11.5. The zero-order chi connectivity index (χ0) is 22.1. The second-order valence-corrected chi connectivity index (χ2v) is 7.71. The highest BCUT2D eigenvalue weighted by atomic mass is 16.5. The number of carbonyl (C=O) groups is 2. The second-order valence-electron chi connectivity index (χ2n) is 7.71. The molecule has 9 nitrogen and oxygen atoms in total. The van der Waals surface area contributed by atoms with E-state index in [9.17, 15) is 9.59 Å². The van der Waals surface area contributed by atoms with Gasteiger partial charge >= 0.3 is 6.03 Å². The number of aromatic nitrogens is 2. The van der Waals surface area contributed by atoms with E-state index in [-0.39, 0.29) is 11.9 Å². The van der Waals surface area contributed by atoms with Crippen molar-refractivity contribution in [3.63, 3.8) is 0 Å².